The van der Waals surface area contributed by atoms with Crippen molar-refractivity contribution in [3.8, 4) is 0 Å². The van der Waals surface area contributed by atoms with Crippen molar-refractivity contribution in [3.05, 3.63) is 11.9 Å². The molecule has 2 heterocycles. The maximum atomic E-state index is 5.41. The summed E-state index contributed by atoms with van der Waals surface area (Å²) in [5.74, 6) is 2.55. The van der Waals surface area contributed by atoms with Gasteiger partial charge in [-0.05, 0) is 6.92 Å². The van der Waals surface area contributed by atoms with E-state index in [1.54, 1.807) is 0 Å². The minimum atomic E-state index is 0.344. The SMILES string of the molecule is Cc1nc(NCC2COCCN2)cc(N(C)C)n1. The second-order valence-corrected chi connectivity index (χ2v) is 4.66. The van der Waals surface area contributed by atoms with Gasteiger partial charge in [0.1, 0.15) is 17.5 Å². The topological polar surface area (TPSA) is 62.3 Å². The van der Waals surface area contributed by atoms with Gasteiger partial charge in [0.05, 0.1) is 13.2 Å². The molecule has 0 saturated carbocycles. The lowest BCUT2D eigenvalue weighted by molar-refractivity contribution is 0.0806. The first-order valence-corrected chi connectivity index (χ1v) is 6.23. The molecule has 0 aromatic carbocycles. The number of nitrogens with zero attached hydrogens (tertiary/aromatic N) is 3. The molecule has 2 N–H and O–H groups in total. The molecule has 18 heavy (non-hydrogen) atoms. The van der Waals surface area contributed by atoms with Crippen LogP contribution >= 0.6 is 0 Å². The van der Waals surface area contributed by atoms with Crippen LogP contribution in [0.1, 0.15) is 5.82 Å². The molecule has 0 spiro atoms. The quantitative estimate of drug-likeness (QED) is 0.800. The minimum absolute atomic E-state index is 0.344. The summed E-state index contributed by atoms with van der Waals surface area (Å²) >= 11 is 0. The number of anilines is 2. The highest BCUT2D eigenvalue weighted by Gasteiger charge is 2.13. The van der Waals surface area contributed by atoms with Gasteiger partial charge in [0, 0.05) is 39.3 Å². The molecule has 1 aromatic rings. The van der Waals surface area contributed by atoms with Gasteiger partial charge in [0.25, 0.3) is 0 Å². The second-order valence-electron chi connectivity index (χ2n) is 4.66. The zero-order valence-electron chi connectivity index (χ0n) is 11.2. The largest absolute Gasteiger partial charge is 0.378 e. The van der Waals surface area contributed by atoms with Gasteiger partial charge in [0.2, 0.25) is 0 Å². The van der Waals surface area contributed by atoms with Gasteiger partial charge in [-0.1, -0.05) is 0 Å². The molecule has 1 fully saturated rings. The van der Waals surface area contributed by atoms with E-state index in [-0.39, 0.29) is 0 Å². The summed E-state index contributed by atoms with van der Waals surface area (Å²) in [7, 11) is 3.95. The summed E-state index contributed by atoms with van der Waals surface area (Å²) in [5.41, 5.74) is 0. The fraction of sp³-hybridized carbons (Fsp3) is 0.667. The summed E-state index contributed by atoms with van der Waals surface area (Å²) in [6.45, 7) is 5.17. The van der Waals surface area contributed by atoms with E-state index in [1.165, 1.54) is 0 Å². The standard InChI is InChI=1S/C12H21N5O/c1-9-15-11(6-12(16-9)17(2)3)14-7-10-8-18-5-4-13-10/h6,10,13H,4-5,7-8H2,1-3H3,(H,14,15,16). The molecule has 6 nitrogen and oxygen atoms in total. The van der Waals surface area contributed by atoms with Crippen LogP contribution in [0.4, 0.5) is 11.6 Å². The normalized spacial score (nSPS) is 19.6. The van der Waals surface area contributed by atoms with Crippen molar-refractivity contribution in [1.29, 1.82) is 0 Å². The van der Waals surface area contributed by atoms with E-state index in [9.17, 15) is 0 Å². The summed E-state index contributed by atoms with van der Waals surface area (Å²) in [5, 5.41) is 6.73. The highest BCUT2D eigenvalue weighted by Crippen LogP contribution is 2.13. The van der Waals surface area contributed by atoms with Gasteiger partial charge in [0.15, 0.2) is 0 Å². The smallest absolute Gasteiger partial charge is 0.133 e. The molecule has 1 unspecified atom stereocenters. The molecule has 1 aliphatic rings. The Hall–Kier alpha value is -1.40. The second kappa shape index (κ2) is 5.97. The van der Waals surface area contributed by atoms with Crippen LogP contribution in [-0.4, -0.2) is 56.4 Å². The molecule has 6 heteroatoms. The number of ether oxygens (including phenoxy) is 1. The monoisotopic (exact) mass is 251 g/mol. The van der Waals surface area contributed by atoms with Crippen molar-refractivity contribution in [2.24, 2.45) is 0 Å². The first kappa shape index (κ1) is 13.0. The first-order valence-electron chi connectivity index (χ1n) is 6.23. The van der Waals surface area contributed by atoms with Gasteiger partial charge in [-0.3, -0.25) is 0 Å². The molecule has 1 aromatic heterocycles. The van der Waals surface area contributed by atoms with E-state index < -0.39 is 0 Å². The van der Waals surface area contributed by atoms with Crippen LogP contribution in [0.5, 0.6) is 0 Å². The summed E-state index contributed by atoms with van der Waals surface area (Å²) in [6, 6.07) is 2.30. The van der Waals surface area contributed by atoms with E-state index in [0.717, 1.165) is 43.8 Å². The molecule has 0 amide bonds. The van der Waals surface area contributed by atoms with Crippen LogP contribution in [-0.2, 0) is 4.74 Å². The molecule has 100 valence electrons. The molecular weight excluding hydrogens is 230 g/mol. The Balaban J connectivity index is 1.95. The molecule has 1 saturated heterocycles. The maximum absolute atomic E-state index is 5.41. The molecular formula is C12H21N5O. The first-order chi connectivity index (χ1) is 8.65. The number of rotatable bonds is 4. The summed E-state index contributed by atoms with van der Waals surface area (Å²) in [4.78, 5) is 10.7. The predicted molar refractivity (Wildman–Crippen MR) is 72.2 cm³/mol. The molecule has 0 bridgehead atoms. The lowest BCUT2D eigenvalue weighted by atomic mass is 10.3. The Labute approximate surface area is 108 Å². The summed E-state index contributed by atoms with van der Waals surface area (Å²) in [6.07, 6.45) is 0. The third-order valence-electron chi connectivity index (χ3n) is 2.81. The van der Waals surface area contributed by atoms with E-state index in [2.05, 4.69) is 20.6 Å². The van der Waals surface area contributed by atoms with Gasteiger partial charge < -0.3 is 20.3 Å². The van der Waals surface area contributed by atoms with Crippen LogP contribution in [0, 0.1) is 6.92 Å². The Bertz CT molecular complexity index is 390. The van der Waals surface area contributed by atoms with Crippen molar-refractivity contribution in [2.75, 3.05) is 50.6 Å². The molecule has 0 radical (unpaired) electrons. The number of hydrogen-bond acceptors (Lipinski definition) is 6. The van der Waals surface area contributed by atoms with Crippen LogP contribution in [0.25, 0.3) is 0 Å². The lowest BCUT2D eigenvalue weighted by Gasteiger charge is -2.24. The van der Waals surface area contributed by atoms with Crippen molar-refractivity contribution in [1.82, 2.24) is 15.3 Å². The Morgan fingerprint density at radius 1 is 1.50 bits per heavy atom. The van der Waals surface area contributed by atoms with Crippen molar-refractivity contribution in [3.63, 3.8) is 0 Å². The van der Waals surface area contributed by atoms with Crippen molar-refractivity contribution >= 4 is 11.6 Å². The van der Waals surface area contributed by atoms with Crippen molar-refractivity contribution < 1.29 is 4.74 Å². The van der Waals surface area contributed by atoms with Gasteiger partial charge in [-0.2, -0.15) is 0 Å². The number of aryl methyl sites for hydroxylation is 1. The van der Waals surface area contributed by atoms with Crippen molar-refractivity contribution in [2.45, 2.75) is 13.0 Å². The number of hydrogen-bond donors (Lipinski definition) is 2. The van der Waals surface area contributed by atoms with Gasteiger partial charge in [-0.15, -0.1) is 0 Å². The van der Waals surface area contributed by atoms with Crippen LogP contribution < -0.4 is 15.5 Å². The Morgan fingerprint density at radius 2 is 2.33 bits per heavy atom. The fourth-order valence-corrected chi connectivity index (χ4v) is 1.85. The van der Waals surface area contributed by atoms with Gasteiger partial charge in [-0.25, -0.2) is 9.97 Å². The number of nitrogens with one attached hydrogen (secondary N) is 2. The highest BCUT2D eigenvalue weighted by molar-refractivity contribution is 5.48. The van der Waals surface area contributed by atoms with Crippen LogP contribution in [0.15, 0.2) is 6.07 Å². The summed E-state index contributed by atoms with van der Waals surface area (Å²) < 4.78 is 5.41. The van der Waals surface area contributed by atoms with Gasteiger partial charge >= 0.3 is 0 Å². The molecule has 1 aliphatic heterocycles. The average Bonchev–Trinajstić information content (AvgIpc) is 2.37. The maximum Gasteiger partial charge on any atom is 0.133 e. The Morgan fingerprint density at radius 3 is 3.00 bits per heavy atom. The fourth-order valence-electron chi connectivity index (χ4n) is 1.85. The van der Waals surface area contributed by atoms with E-state index in [4.69, 9.17) is 4.74 Å². The van der Waals surface area contributed by atoms with E-state index >= 15 is 0 Å². The third-order valence-corrected chi connectivity index (χ3v) is 2.81. The average molecular weight is 251 g/mol. The van der Waals surface area contributed by atoms with E-state index in [1.807, 2.05) is 32.0 Å². The van der Waals surface area contributed by atoms with Crippen LogP contribution in [0.3, 0.4) is 0 Å². The zero-order chi connectivity index (χ0) is 13.0. The number of morpholine rings is 1. The molecule has 0 aliphatic carbocycles. The third kappa shape index (κ3) is 3.54. The van der Waals surface area contributed by atoms with Crippen LogP contribution in [0.2, 0.25) is 0 Å². The predicted octanol–water partition coefficient (Wildman–Crippen LogP) is 0.251. The molecule has 2 rings (SSSR count). The Kier molecular flexibility index (Phi) is 4.33. The van der Waals surface area contributed by atoms with E-state index in [0.29, 0.717) is 6.04 Å². The minimum Gasteiger partial charge on any atom is -0.378 e. The lowest BCUT2D eigenvalue weighted by Crippen LogP contribution is -2.45. The molecule has 1 atom stereocenters. The zero-order valence-corrected chi connectivity index (χ0v) is 11.2. The number of aromatic nitrogens is 2. The highest BCUT2D eigenvalue weighted by atomic mass is 16.5.